The van der Waals surface area contributed by atoms with Crippen LogP contribution in [0.15, 0.2) is 0 Å². The fraction of sp³-hybridized carbons (Fsp3) is 1.00. The quantitative estimate of drug-likeness (QED) is 0.281. The van der Waals surface area contributed by atoms with E-state index in [0.717, 1.165) is 57.3 Å². The van der Waals surface area contributed by atoms with E-state index in [4.69, 9.17) is 4.18 Å². The van der Waals surface area contributed by atoms with E-state index in [-0.39, 0.29) is 16.9 Å². The van der Waals surface area contributed by atoms with Crippen LogP contribution in [-0.4, -0.2) is 45.0 Å². The summed E-state index contributed by atoms with van der Waals surface area (Å²) in [5.41, 5.74) is -0.995. The van der Waals surface area contributed by atoms with E-state index in [1.54, 1.807) is 12.0 Å². The zero-order chi connectivity index (χ0) is 25.9. The zero-order valence-electron chi connectivity index (χ0n) is 23.6. The van der Waals surface area contributed by atoms with Gasteiger partial charge in [-0.15, -0.1) is 0 Å². The number of hydrogen-bond donors (Lipinski definition) is 3. The minimum absolute atomic E-state index is 0.00276. The minimum atomic E-state index is -0.679. The summed E-state index contributed by atoms with van der Waals surface area (Å²) in [6.45, 7) is 14.7. The standard InChI is InChI=1S/C31H52O4S/c1-18(27(2,3)4)17-36-35-13-7-10-30(33)24-15-21(24)26-25-20-14-23(20)31(34)16-19(32)8-11-28(31,5)22(25)9-12-29(26,30)6/h18-26,32-34H,7-17H2,1-6H3/t18-,19+,20+,21-,22?,23-,24+,25?,26?,28-,29+,30+,31-/m1/s1. The van der Waals surface area contributed by atoms with Crippen LogP contribution in [0.5, 0.6) is 0 Å². The SMILES string of the molecule is C[C@H](CSOCCC[C@]1(O)[C@H]2C[C@H]2C2C3C(CC[C@@]21C)[C@@]1(C)CC[C@H](O)C[C@@]1(O)[C@@H]1C[C@H]31)C(C)(C)C. The van der Waals surface area contributed by atoms with E-state index in [1.807, 2.05) is 0 Å². The summed E-state index contributed by atoms with van der Waals surface area (Å²) in [4.78, 5) is 0. The van der Waals surface area contributed by atoms with Crippen LogP contribution < -0.4 is 0 Å². The maximum absolute atomic E-state index is 12.3. The van der Waals surface area contributed by atoms with E-state index in [1.165, 1.54) is 6.42 Å². The lowest BCUT2D eigenvalue weighted by Gasteiger charge is -2.64. The number of rotatable bonds is 7. The van der Waals surface area contributed by atoms with Gasteiger partial charge in [0.25, 0.3) is 0 Å². The molecule has 0 spiro atoms. The molecule has 6 fully saturated rings. The second kappa shape index (κ2) is 8.35. The summed E-state index contributed by atoms with van der Waals surface area (Å²) in [5, 5.41) is 34.8. The Morgan fingerprint density at radius 1 is 0.972 bits per heavy atom. The predicted octanol–water partition coefficient (Wildman–Crippen LogP) is 6.08. The Balaban J connectivity index is 1.13. The first-order valence-electron chi connectivity index (χ1n) is 15.2. The Morgan fingerprint density at radius 3 is 2.39 bits per heavy atom. The number of fused-ring (bicyclic) bond motifs is 10. The molecule has 6 aliphatic carbocycles. The van der Waals surface area contributed by atoms with Gasteiger partial charge in [-0.2, -0.15) is 0 Å². The first-order valence-corrected chi connectivity index (χ1v) is 16.1. The molecule has 206 valence electrons. The van der Waals surface area contributed by atoms with Gasteiger partial charge in [0.15, 0.2) is 0 Å². The highest BCUT2D eigenvalue weighted by Crippen LogP contribution is 2.82. The van der Waals surface area contributed by atoms with E-state index in [9.17, 15) is 15.3 Å². The van der Waals surface area contributed by atoms with Crippen LogP contribution in [0.3, 0.4) is 0 Å². The lowest BCUT2D eigenvalue weighted by atomic mass is 9.42. The summed E-state index contributed by atoms with van der Waals surface area (Å²) < 4.78 is 5.98. The smallest absolute Gasteiger partial charge is 0.0759 e. The minimum Gasteiger partial charge on any atom is -0.393 e. The van der Waals surface area contributed by atoms with E-state index < -0.39 is 11.2 Å². The molecule has 13 atom stereocenters. The van der Waals surface area contributed by atoms with Gasteiger partial charge in [-0.25, -0.2) is 0 Å². The normalized spacial score (nSPS) is 55.6. The van der Waals surface area contributed by atoms with Gasteiger partial charge in [0.05, 0.1) is 23.9 Å². The van der Waals surface area contributed by atoms with Gasteiger partial charge < -0.3 is 19.5 Å². The van der Waals surface area contributed by atoms with Crippen molar-refractivity contribution in [1.29, 1.82) is 0 Å². The molecule has 4 nitrogen and oxygen atoms in total. The third kappa shape index (κ3) is 3.54. The number of hydrogen-bond acceptors (Lipinski definition) is 5. The Kier molecular flexibility index (Phi) is 6.13. The molecule has 0 aliphatic heterocycles. The van der Waals surface area contributed by atoms with Crippen LogP contribution in [0, 0.1) is 63.6 Å². The monoisotopic (exact) mass is 520 g/mol. The van der Waals surface area contributed by atoms with Gasteiger partial charge >= 0.3 is 0 Å². The molecule has 0 bridgehead atoms. The predicted molar refractivity (Wildman–Crippen MR) is 145 cm³/mol. The summed E-state index contributed by atoms with van der Waals surface area (Å²) in [6.07, 6.45) is 8.42. The molecule has 0 amide bonds. The van der Waals surface area contributed by atoms with Crippen molar-refractivity contribution in [3.8, 4) is 0 Å². The molecule has 3 N–H and O–H groups in total. The first-order chi connectivity index (χ1) is 16.8. The van der Waals surface area contributed by atoms with E-state index in [2.05, 4.69) is 41.5 Å². The average molecular weight is 521 g/mol. The molecule has 6 aliphatic rings. The van der Waals surface area contributed by atoms with E-state index >= 15 is 0 Å². The van der Waals surface area contributed by atoms with Crippen LogP contribution in [-0.2, 0) is 4.18 Å². The highest BCUT2D eigenvalue weighted by Gasteiger charge is 2.81. The maximum Gasteiger partial charge on any atom is 0.0759 e. The fourth-order valence-electron chi connectivity index (χ4n) is 10.6. The third-order valence-corrected chi connectivity index (χ3v) is 14.4. The molecule has 3 unspecified atom stereocenters. The summed E-state index contributed by atoms with van der Waals surface area (Å²) >= 11 is 1.61. The Labute approximate surface area is 223 Å². The van der Waals surface area contributed by atoms with Gasteiger partial charge in [-0.1, -0.05) is 41.5 Å². The lowest BCUT2D eigenvalue weighted by molar-refractivity contribution is -0.237. The molecule has 0 saturated heterocycles. The fourth-order valence-corrected chi connectivity index (χ4v) is 11.7. The van der Waals surface area contributed by atoms with Gasteiger partial charge in [0.2, 0.25) is 0 Å². The largest absolute Gasteiger partial charge is 0.393 e. The van der Waals surface area contributed by atoms with Gasteiger partial charge in [-0.3, -0.25) is 0 Å². The maximum atomic E-state index is 12.3. The molecule has 0 heterocycles. The van der Waals surface area contributed by atoms with Crippen LogP contribution in [0.1, 0.15) is 99.3 Å². The molecule has 36 heavy (non-hydrogen) atoms. The summed E-state index contributed by atoms with van der Waals surface area (Å²) in [7, 11) is 0. The van der Waals surface area contributed by atoms with Crippen molar-refractivity contribution in [2.75, 3.05) is 12.4 Å². The Morgan fingerprint density at radius 2 is 1.67 bits per heavy atom. The average Bonchev–Trinajstić information content (AvgIpc) is 3.70. The third-order valence-electron chi connectivity index (χ3n) is 13.5. The van der Waals surface area contributed by atoms with Crippen LogP contribution in [0.2, 0.25) is 0 Å². The Hall–Kier alpha value is 0.190. The zero-order valence-corrected chi connectivity index (χ0v) is 24.4. The summed E-state index contributed by atoms with van der Waals surface area (Å²) in [6, 6.07) is 0. The Bertz CT molecular complexity index is 873. The number of aliphatic hydroxyl groups is 3. The van der Waals surface area contributed by atoms with Crippen molar-refractivity contribution >= 4 is 12.0 Å². The van der Waals surface area contributed by atoms with Crippen molar-refractivity contribution in [2.45, 2.75) is 117 Å². The molecule has 0 aromatic carbocycles. The topological polar surface area (TPSA) is 69.9 Å². The second-order valence-electron chi connectivity index (χ2n) is 15.8. The highest BCUT2D eigenvalue weighted by molar-refractivity contribution is 7.94. The second-order valence-corrected chi connectivity index (χ2v) is 16.6. The van der Waals surface area contributed by atoms with E-state index in [0.29, 0.717) is 59.2 Å². The van der Waals surface area contributed by atoms with Crippen molar-refractivity contribution in [2.24, 2.45) is 63.6 Å². The molecular weight excluding hydrogens is 468 g/mol. The highest BCUT2D eigenvalue weighted by atomic mass is 32.2. The molecule has 6 rings (SSSR count). The van der Waals surface area contributed by atoms with Crippen LogP contribution in [0.4, 0.5) is 0 Å². The molecule has 0 aromatic rings. The van der Waals surface area contributed by atoms with Crippen molar-refractivity contribution in [3.63, 3.8) is 0 Å². The summed E-state index contributed by atoms with van der Waals surface area (Å²) in [5.74, 6) is 5.57. The van der Waals surface area contributed by atoms with Gasteiger partial charge in [0.1, 0.15) is 0 Å². The van der Waals surface area contributed by atoms with Crippen LogP contribution >= 0.6 is 12.0 Å². The molecule has 6 saturated carbocycles. The lowest BCUT2D eigenvalue weighted by Crippen LogP contribution is -2.65. The molecule has 0 radical (unpaired) electrons. The van der Waals surface area contributed by atoms with Crippen molar-refractivity contribution in [1.82, 2.24) is 0 Å². The van der Waals surface area contributed by atoms with Gasteiger partial charge in [-0.05, 0) is 127 Å². The van der Waals surface area contributed by atoms with Crippen molar-refractivity contribution < 1.29 is 19.5 Å². The van der Waals surface area contributed by atoms with Crippen molar-refractivity contribution in [3.05, 3.63) is 0 Å². The molecule has 5 heteroatoms. The molecular formula is C31H52O4S. The van der Waals surface area contributed by atoms with Crippen LogP contribution in [0.25, 0.3) is 0 Å². The molecule has 0 aromatic heterocycles. The van der Waals surface area contributed by atoms with Gasteiger partial charge in [0, 0.05) is 12.2 Å². The first kappa shape index (κ1) is 26.4. The number of aliphatic hydroxyl groups excluding tert-OH is 1.